The Morgan fingerprint density at radius 1 is 1.60 bits per heavy atom. The van der Waals surface area contributed by atoms with Gasteiger partial charge in [0.25, 0.3) is 0 Å². The van der Waals surface area contributed by atoms with E-state index in [0.717, 1.165) is 16.6 Å². The van der Waals surface area contributed by atoms with Crippen LogP contribution in [0.2, 0.25) is 0 Å². The van der Waals surface area contributed by atoms with Crippen molar-refractivity contribution < 1.29 is 0 Å². The topological polar surface area (TPSA) is 0 Å². The highest BCUT2D eigenvalue weighted by molar-refractivity contribution is 9.09. The van der Waals surface area contributed by atoms with Crippen molar-refractivity contribution in [3.05, 3.63) is 22.4 Å². The van der Waals surface area contributed by atoms with Crippen molar-refractivity contribution in [2.24, 2.45) is 0 Å². The molecule has 0 nitrogen and oxygen atoms in total. The maximum atomic E-state index is 3.31. The van der Waals surface area contributed by atoms with Gasteiger partial charge in [0.15, 0.2) is 0 Å². The van der Waals surface area contributed by atoms with E-state index in [2.05, 4.69) is 27.8 Å². The third-order valence-electron chi connectivity index (χ3n) is 0.952. The van der Waals surface area contributed by atoms with Crippen LogP contribution in [0, 0.1) is 11.8 Å². The van der Waals surface area contributed by atoms with Crippen molar-refractivity contribution in [2.75, 3.05) is 5.33 Å². The maximum Gasteiger partial charge on any atom is 0.0768 e. The lowest BCUT2D eigenvalue weighted by Crippen LogP contribution is -1.66. The second-order valence-electron chi connectivity index (χ2n) is 1.72. The molecule has 0 N–H and O–H groups in total. The highest BCUT2D eigenvalue weighted by Crippen LogP contribution is 2.05. The first kappa shape index (κ1) is 7.84. The quantitative estimate of drug-likeness (QED) is 0.499. The van der Waals surface area contributed by atoms with Crippen molar-refractivity contribution in [1.29, 1.82) is 0 Å². The molecule has 1 heterocycles. The van der Waals surface area contributed by atoms with E-state index in [1.54, 1.807) is 11.3 Å². The van der Waals surface area contributed by atoms with Crippen LogP contribution in [0.15, 0.2) is 17.5 Å². The van der Waals surface area contributed by atoms with Crippen LogP contribution in [0.5, 0.6) is 0 Å². The van der Waals surface area contributed by atoms with Crippen LogP contribution in [0.3, 0.4) is 0 Å². The van der Waals surface area contributed by atoms with Gasteiger partial charge in [-0.25, -0.2) is 0 Å². The predicted octanol–water partition coefficient (Wildman–Crippen LogP) is 2.88. The molecule has 0 fully saturated rings. The molecule has 0 aliphatic heterocycles. The van der Waals surface area contributed by atoms with Crippen molar-refractivity contribution in [3.8, 4) is 11.8 Å². The molecule has 0 unspecified atom stereocenters. The SMILES string of the molecule is BrCCC#Cc1cccs1. The van der Waals surface area contributed by atoms with Crippen LogP contribution in [0.4, 0.5) is 0 Å². The average Bonchev–Trinajstić information content (AvgIpc) is 2.41. The summed E-state index contributed by atoms with van der Waals surface area (Å²) in [6.45, 7) is 0. The second-order valence-corrected chi connectivity index (χ2v) is 3.46. The van der Waals surface area contributed by atoms with Crippen molar-refractivity contribution in [3.63, 3.8) is 0 Å². The van der Waals surface area contributed by atoms with E-state index < -0.39 is 0 Å². The Morgan fingerprint density at radius 3 is 3.10 bits per heavy atom. The number of rotatable bonds is 1. The fraction of sp³-hybridized carbons (Fsp3) is 0.250. The summed E-state index contributed by atoms with van der Waals surface area (Å²) >= 11 is 5.00. The summed E-state index contributed by atoms with van der Waals surface area (Å²) in [5.41, 5.74) is 0. The van der Waals surface area contributed by atoms with E-state index in [1.165, 1.54) is 0 Å². The molecule has 0 atom stereocenters. The zero-order valence-corrected chi connectivity index (χ0v) is 7.83. The number of halogens is 1. The Bertz CT molecular complexity index is 228. The summed E-state index contributed by atoms with van der Waals surface area (Å²) in [6.07, 6.45) is 0.928. The lowest BCUT2D eigenvalue weighted by molar-refractivity contribution is 1.32. The number of alkyl halides is 1. The van der Waals surface area contributed by atoms with Gasteiger partial charge in [-0.15, -0.1) is 11.3 Å². The highest BCUT2D eigenvalue weighted by Gasteiger charge is 1.82. The monoisotopic (exact) mass is 214 g/mol. The highest BCUT2D eigenvalue weighted by atomic mass is 79.9. The summed E-state index contributed by atoms with van der Waals surface area (Å²) in [5, 5.41) is 3.00. The van der Waals surface area contributed by atoms with Crippen LogP contribution in [0.25, 0.3) is 0 Å². The van der Waals surface area contributed by atoms with Gasteiger partial charge < -0.3 is 0 Å². The van der Waals surface area contributed by atoms with E-state index in [-0.39, 0.29) is 0 Å². The minimum atomic E-state index is 0.928. The standard InChI is InChI=1S/C8H7BrS/c9-6-2-1-4-8-5-3-7-10-8/h3,5,7H,2,6H2. The van der Waals surface area contributed by atoms with Crippen molar-refractivity contribution in [2.45, 2.75) is 6.42 Å². The fourth-order valence-electron chi connectivity index (χ4n) is 0.547. The van der Waals surface area contributed by atoms with Gasteiger partial charge in [0.05, 0.1) is 4.88 Å². The van der Waals surface area contributed by atoms with E-state index in [9.17, 15) is 0 Å². The first-order valence-electron chi connectivity index (χ1n) is 3.02. The molecule has 1 rings (SSSR count). The van der Waals surface area contributed by atoms with Crippen LogP contribution in [0.1, 0.15) is 11.3 Å². The molecule has 0 spiro atoms. The van der Waals surface area contributed by atoms with Gasteiger partial charge in [-0.05, 0) is 11.4 Å². The summed E-state index contributed by atoms with van der Waals surface area (Å²) in [5.74, 6) is 6.12. The predicted molar refractivity (Wildman–Crippen MR) is 49.6 cm³/mol. The molecule has 10 heavy (non-hydrogen) atoms. The van der Waals surface area contributed by atoms with E-state index in [4.69, 9.17) is 0 Å². The molecule has 0 aliphatic rings. The van der Waals surface area contributed by atoms with Crippen molar-refractivity contribution in [1.82, 2.24) is 0 Å². The van der Waals surface area contributed by atoms with Crippen LogP contribution >= 0.6 is 27.3 Å². The lowest BCUT2D eigenvalue weighted by atomic mass is 10.4. The number of thiophene rings is 1. The van der Waals surface area contributed by atoms with E-state index >= 15 is 0 Å². The largest absolute Gasteiger partial charge is 0.135 e. The summed E-state index contributed by atoms with van der Waals surface area (Å²) < 4.78 is 0. The minimum Gasteiger partial charge on any atom is -0.135 e. The lowest BCUT2D eigenvalue weighted by Gasteiger charge is -1.76. The molecule has 52 valence electrons. The first-order valence-corrected chi connectivity index (χ1v) is 5.02. The molecule has 0 bridgehead atoms. The summed E-state index contributed by atoms with van der Waals surface area (Å²) in [7, 11) is 0. The molecule has 0 saturated heterocycles. The first-order chi connectivity index (χ1) is 4.93. The fourth-order valence-corrected chi connectivity index (χ4v) is 1.34. The Labute approximate surface area is 73.4 Å². The number of hydrogen-bond acceptors (Lipinski definition) is 1. The Morgan fingerprint density at radius 2 is 2.50 bits per heavy atom. The molecule has 0 aromatic carbocycles. The smallest absolute Gasteiger partial charge is 0.0768 e. The molecule has 1 aromatic heterocycles. The summed E-state index contributed by atoms with van der Waals surface area (Å²) in [4.78, 5) is 1.15. The maximum absolute atomic E-state index is 3.31. The van der Waals surface area contributed by atoms with Crippen LogP contribution in [-0.2, 0) is 0 Å². The van der Waals surface area contributed by atoms with E-state index in [0.29, 0.717) is 0 Å². The molecular weight excluding hydrogens is 208 g/mol. The molecule has 1 aromatic rings. The van der Waals surface area contributed by atoms with Gasteiger partial charge >= 0.3 is 0 Å². The summed E-state index contributed by atoms with van der Waals surface area (Å²) in [6, 6.07) is 4.05. The van der Waals surface area contributed by atoms with Gasteiger partial charge in [-0.3, -0.25) is 0 Å². The molecule has 0 radical (unpaired) electrons. The number of hydrogen-bond donors (Lipinski definition) is 0. The molecule has 2 heteroatoms. The normalized spacial score (nSPS) is 8.50. The minimum absolute atomic E-state index is 0.928. The molecular formula is C8H7BrS. The third-order valence-corrected chi connectivity index (χ3v) is 2.13. The Balaban J connectivity index is 2.49. The average molecular weight is 215 g/mol. The Hall–Kier alpha value is -0.260. The third kappa shape index (κ3) is 2.55. The molecule has 0 amide bonds. The zero-order chi connectivity index (χ0) is 7.23. The second kappa shape index (κ2) is 4.54. The Kier molecular flexibility index (Phi) is 3.56. The van der Waals surface area contributed by atoms with Gasteiger partial charge in [0.2, 0.25) is 0 Å². The van der Waals surface area contributed by atoms with Crippen LogP contribution < -0.4 is 0 Å². The van der Waals surface area contributed by atoms with Gasteiger partial charge in [-0.1, -0.05) is 33.8 Å². The van der Waals surface area contributed by atoms with E-state index in [1.807, 2.05) is 17.5 Å². The van der Waals surface area contributed by atoms with Gasteiger partial charge in [0.1, 0.15) is 0 Å². The van der Waals surface area contributed by atoms with Crippen molar-refractivity contribution >= 4 is 27.3 Å². The van der Waals surface area contributed by atoms with Gasteiger partial charge in [-0.2, -0.15) is 0 Å². The zero-order valence-electron chi connectivity index (χ0n) is 5.43. The van der Waals surface area contributed by atoms with Gasteiger partial charge in [0, 0.05) is 11.8 Å². The molecule has 0 aliphatic carbocycles. The molecule has 0 saturated carbocycles. The van der Waals surface area contributed by atoms with Crippen LogP contribution in [-0.4, -0.2) is 5.33 Å².